The molecule has 0 atom stereocenters. The molecule has 1 saturated heterocycles. The topological polar surface area (TPSA) is 50.2 Å². The van der Waals surface area contributed by atoms with Gasteiger partial charge in [-0.25, -0.2) is 4.39 Å². The van der Waals surface area contributed by atoms with Crippen LogP contribution in [0.1, 0.15) is 10.5 Å². The highest BCUT2D eigenvalue weighted by atomic mass is 19.1. The number of nitrogens with one attached hydrogen (secondary N) is 1. The third kappa shape index (κ3) is 2.38. The molecule has 88 valence electrons. The molecule has 1 fully saturated rings. The lowest BCUT2D eigenvalue weighted by Gasteiger charge is -2.26. The molecule has 0 spiro atoms. The number of piperazine rings is 1. The Kier molecular flexibility index (Phi) is 3.51. The van der Waals surface area contributed by atoms with E-state index in [2.05, 4.69) is 10.4 Å². The van der Waals surface area contributed by atoms with Gasteiger partial charge in [0.1, 0.15) is 12.4 Å². The van der Waals surface area contributed by atoms with Crippen LogP contribution in [-0.4, -0.2) is 53.4 Å². The average molecular weight is 226 g/mol. The Hall–Kier alpha value is -1.43. The highest BCUT2D eigenvalue weighted by molar-refractivity contribution is 5.92. The summed E-state index contributed by atoms with van der Waals surface area (Å²) in [6.45, 7) is 2.77. The van der Waals surface area contributed by atoms with Crippen LogP contribution < -0.4 is 5.32 Å². The van der Waals surface area contributed by atoms with E-state index in [1.54, 1.807) is 17.2 Å². The number of carbonyl (C=O) groups excluding carboxylic acids is 1. The van der Waals surface area contributed by atoms with Crippen LogP contribution in [0.25, 0.3) is 0 Å². The van der Waals surface area contributed by atoms with Crippen LogP contribution in [0.3, 0.4) is 0 Å². The number of hydrogen-bond acceptors (Lipinski definition) is 3. The lowest BCUT2D eigenvalue weighted by Crippen LogP contribution is -2.46. The molecule has 0 unspecified atom stereocenters. The van der Waals surface area contributed by atoms with Crippen LogP contribution in [0.5, 0.6) is 0 Å². The molecule has 1 aliphatic heterocycles. The van der Waals surface area contributed by atoms with Crippen molar-refractivity contribution in [3.63, 3.8) is 0 Å². The molecule has 1 amide bonds. The fraction of sp³-hybridized carbons (Fsp3) is 0.600. The van der Waals surface area contributed by atoms with Crippen molar-refractivity contribution in [1.82, 2.24) is 20.0 Å². The quantitative estimate of drug-likeness (QED) is 0.783. The van der Waals surface area contributed by atoms with Crippen molar-refractivity contribution in [2.75, 3.05) is 32.9 Å². The zero-order chi connectivity index (χ0) is 11.4. The van der Waals surface area contributed by atoms with E-state index in [0.29, 0.717) is 18.8 Å². The van der Waals surface area contributed by atoms with E-state index in [4.69, 9.17) is 0 Å². The second-order valence-electron chi connectivity index (χ2n) is 3.70. The molecule has 1 N–H and O–H groups in total. The predicted molar refractivity (Wildman–Crippen MR) is 57.0 cm³/mol. The molecular weight excluding hydrogens is 211 g/mol. The number of nitrogens with zero attached hydrogens (tertiary/aromatic N) is 3. The second kappa shape index (κ2) is 5.07. The summed E-state index contributed by atoms with van der Waals surface area (Å²) in [5.41, 5.74) is 0.398. The van der Waals surface area contributed by atoms with Gasteiger partial charge in [-0.2, -0.15) is 5.10 Å². The summed E-state index contributed by atoms with van der Waals surface area (Å²) in [6, 6.07) is 1.64. The maximum atomic E-state index is 12.1. The minimum absolute atomic E-state index is 0.0703. The Labute approximate surface area is 93.2 Å². The van der Waals surface area contributed by atoms with Crippen molar-refractivity contribution in [3.8, 4) is 0 Å². The molecule has 6 heteroatoms. The summed E-state index contributed by atoms with van der Waals surface area (Å²) in [4.78, 5) is 13.7. The summed E-state index contributed by atoms with van der Waals surface area (Å²) < 4.78 is 13.5. The zero-order valence-corrected chi connectivity index (χ0v) is 9.03. The first-order valence-corrected chi connectivity index (χ1v) is 5.40. The first-order valence-electron chi connectivity index (χ1n) is 5.40. The number of hydrogen-bond donors (Lipinski definition) is 1. The Morgan fingerprint density at radius 1 is 1.50 bits per heavy atom. The highest BCUT2D eigenvalue weighted by Crippen LogP contribution is 2.03. The molecule has 2 rings (SSSR count). The highest BCUT2D eigenvalue weighted by Gasteiger charge is 2.19. The van der Waals surface area contributed by atoms with Gasteiger partial charge in [0, 0.05) is 32.4 Å². The van der Waals surface area contributed by atoms with Crippen molar-refractivity contribution >= 4 is 5.91 Å². The van der Waals surface area contributed by atoms with Gasteiger partial charge >= 0.3 is 0 Å². The van der Waals surface area contributed by atoms with Crippen LogP contribution in [0.2, 0.25) is 0 Å². The van der Waals surface area contributed by atoms with E-state index in [1.165, 1.54) is 4.68 Å². The lowest BCUT2D eigenvalue weighted by atomic mass is 10.3. The maximum Gasteiger partial charge on any atom is 0.274 e. The normalized spacial score (nSPS) is 16.4. The van der Waals surface area contributed by atoms with Gasteiger partial charge in [-0.05, 0) is 6.07 Å². The second-order valence-corrected chi connectivity index (χ2v) is 3.70. The molecular formula is C10H15FN4O. The van der Waals surface area contributed by atoms with Crippen molar-refractivity contribution in [3.05, 3.63) is 18.0 Å². The maximum absolute atomic E-state index is 12.1. The summed E-state index contributed by atoms with van der Waals surface area (Å²) in [5.74, 6) is -0.0703. The number of aromatic nitrogens is 2. The van der Waals surface area contributed by atoms with Crippen molar-refractivity contribution in [2.24, 2.45) is 0 Å². The van der Waals surface area contributed by atoms with Gasteiger partial charge in [-0.3, -0.25) is 9.48 Å². The molecule has 0 aliphatic carbocycles. The fourth-order valence-electron chi connectivity index (χ4n) is 1.72. The van der Waals surface area contributed by atoms with Gasteiger partial charge in [-0.15, -0.1) is 0 Å². The largest absolute Gasteiger partial charge is 0.335 e. The molecule has 1 aromatic rings. The third-order valence-corrected chi connectivity index (χ3v) is 2.58. The molecule has 0 aromatic carbocycles. The molecule has 5 nitrogen and oxygen atoms in total. The van der Waals surface area contributed by atoms with E-state index in [9.17, 15) is 9.18 Å². The number of rotatable bonds is 3. The van der Waals surface area contributed by atoms with Crippen molar-refractivity contribution in [1.29, 1.82) is 0 Å². The summed E-state index contributed by atoms with van der Waals surface area (Å²) in [6.07, 6.45) is 1.63. The van der Waals surface area contributed by atoms with E-state index in [1.807, 2.05) is 0 Å². The van der Waals surface area contributed by atoms with Gasteiger partial charge in [0.25, 0.3) is 5.91 Å². The Morgan fingerprint density at radius 3 is 2.94 bits per heavy atom. The van der Waals surface area contributed by atoms with Crippen molar-refractivity contribution in [2.45, 2.75) is 6.54 Å². The van der Waals surface area contributed by atoms with Crippen LogP contribution in [-0.2, 0) is 6.54 Å². The number of aryl methyl sites for hydroxylation is 1. The molecule has 2 heterocycles. The standard InChI is InChI=1S/C10H15FN4O/c11-2-6-15-5-1-9(13-15)10(16)14-7-3-12-4-8-14/h1,5,12H,2-4,6-8H2. The van der Waals surface area contributed by atoms with Crippen LogP contribution in [0.4, 0.5) is 4.39 Å². The Balaban J connectivity index is 2.01. The van der Waals surface area contributed by atoms with E-state index in [-0.39, 0.29) is 12.5 Å². The van der Waals surface area contributed by atoms with E-state index >= 15 is 0 Å². The van der Waals surface area contributed by atoms with E-state index in [0.717, 1.165) is 13.1 Å². The molecule has 0 saturated carbocycles. The fourth-order valence-corrected chi connectivity index (χ4v) is 1.72. The smallest absolute Gasteiger partial charge is 0.274 e. The van der Waals surface area contributed by atoms with Gasteiger partial charge in [-0.1, -0.05) is 0 Å². The number of halogens is 1. The van der Waals surface area contributed by atoms with Crippen LogP contribution in [0, 0.1) is 0 Å². The lowest BCUT2D eigenvalue weighted by molar-refractivity contribution is 0.0728. The van der Waals surface area contributed by atoms with E-state index < -0.39 is 6.67 Å². The number of carbonyl (C=O) groups is 1. The minimum Gasteiger partial charge on any atom is -0.335 e. The first kappa shape index (κ1) is 11.1. The average Bonchev–Trinajstić information content (AvgIpc) is 2.78. The summed E-state index contributed by atoms with van der Waals surface area (Å²) in [7, 11) is 0. The zero-order valence-electron chi connectivity index (χ0n) is 9.03. The molecule has 1 aliphatic rings. The van der Waals surface area contributed by atoms with Gasteiger partial charge in [0.15, 0.2) is 0 Å². The third-order valence-electron chi connectivity index (χ3n) is 2.58. The summed E-state index contributed by atoms with van der Waals surface area (Å²) >= 11 is 0. The van der Waals surface area contributed by atoms with Gasteiger partial charge in [0.05, 0.1) is 6.54 Å². The molecule has 16 heavy (non-hydrogen) atoms. The SMILES string of the molecule is O=C(c1ccn(CCF)n1)N1CCNCC1. The summed E-state index contributed by atoms with van der Waals surface area (Å²) in [5, 5.41) is 7.22. The molecule has 0 radical (unpaired) electrons. The minimum atomic E-state index is -0.469. The molecule has 1 aromatic heterocycles. The first-order chi connectivity index (χ1) is 7.81. The monoisotopic (exact) mass is 226 g/mol. The predicted octanol–water partition coefficient (Wildman–Crippen LogP) is -0.102. The van der Waals surface area contributed by atoms with Crippen molar-refractivity contribution < 1.29 is 9.18 Å². The Bertz CT molecular complexity index is 359. The van der Waals surface area contributed by atoms with Gasteiger partial charge < -0.3 is 10.2 Å². The van der Waals surface area contributed by atoms with Crippen LogP contribution >= 0.6 is 0 Å². The number of amides is 1. The molecule has 0 bridgehead atoms. The van der Waals surface area contributed by atoms with Gasteiger partial charge in [0.2, 0.25) is 0 Å². The van der Waals surface area contributed by atoms with Crippen LogP contribution in [0.15, 0.2) is 12.3 Å². The Morgan fingerprint density at radius 2 is 2.25 bits per heavy atom. The number of alkyl halides is 1.